The Kier molecular flexibility index (Phi) is 8.01. The van der Waals surface area contributed by atoms with Crippen molar-refractivity contribution >= 4 is 78.7 Å². The van der Waals surface area contributed by atoms with E-state index in [2.05, 4.69) is 15.6 Å². The van der Waals surface area contributed by atoms with E-state index in [-0.39, 0.29) is 6.61 Å². The molecule has 16 heavy (non-hydrogen) atoms. The summed E-state index contributed by atoms with van der Waals surface area (Å²) in [5, 5.41) is 0. The van der Waals surface area contributed by atoms with Gasteiger partial charge in [-0.2, -0.15) is 0 Å². The first-order valence-corrected chi connectivity index (χ1v) is 14.2. The zero-order chi connectivity index (χ0) is 12.3. The van der Waals surface area contributed by atoms with Gasteiger partial charge in [0.1, 0.15) is 0 Å². The van der Waals surface area contributed by atoms with Crippen LogP contribution in [0.25, 0.3) is 0 Å². The average molecular weight is 530 g/mol. The van der Waals surface area contributed by atoms with E-state index in [0.717, 1.165) is 0 Å². The molecule has 5 atom stereocenters. The number of thiol groups is 2. The molecule has 1 saturated heterocycles. The number of hydrogen-bond donors (Lipinski definition) is 2. The van der Waals surface area contributed by atoms with E-state index < -0.39 is 39.0 Å². The Morgan fingerprint density at radius 1 is 1.44 bits per heavy atom. The SMILES string of the molecule is O=C1O[C@H](CO[SH](#P)I)[C@@H](O[SH](#P)I)[C@@H]1F. The third-order valence-electron chi connectivity index (χ3n) is 1.70. The van der Waals surface area contributed by atoms with Crippen LogP contribution < -0.4 is 0 Å². The van der Waals surface area contributed by atoms with Gasteiger partial charge in [-0.1, -0.05) is 0 Å². The van der Waals surface area contributed by atoms with E-state index in [1.54, 1.807) is 0 Å². The van der Waals surface area contributed by atoms with Crippen molar-refractivity contribution in [2.24, 2.45) is 0 Å². The summed E-state index contributed by atoms with van der Waals surface area (Å²) < 4.78 is 28.7. The zero-order valence-electron chi connectivity index (χ0n) is 7.49. The summed E-state index contributed by atoms with van der Waals surface area (Å²) in [5.74, 6) is -0.905. The van der Waals surface area contributed by atoms with Gasteiger partial charge in [0.15, 0.2) is 0 Å². The summed E-state index contributed by atoms with van der Waals surface area (Å²) >= 11 is 3.91. The molecule has 4 nitrogen and oxygen atoms in total. The average Bonchev–Trinajstić information content (AvgIpc) is 2.42. The predicted molar refractivity (Wildman–Crippen MR) is 85.5 cm³/mol. The van der Waals surface area contributed by atoms with Gasteiger partial charge in [0.25, 0.3) is 0 Å². The quantitative estimate of drug-likeness (QED) is 0.252. The fraction of sp³-hybridized carbons (Fsp3) is 0.800. The number of ether oxygens (including phenoxy) is 1. The number of cyclic esters (lactones) is 1. The van der Waals surface area contributed by atoms with Crippen LogP contribution in [0, 0.1) is 0 Å². The van der Waals surface area contributed by atoms with Crippen LogP contribution in [0.15, 0.2) is 0 Å². The maximum atomic E-state index is 13.4. The van der Waals surface area contributed by atoms with Gasteiger partial charge in [-0.25, -0.2) is 0 Å². The van der Waals surface area contributed by atoms with Gasteiger partial charge in [-0.3, -0.25) is 0 Å². The predicted octanol–water partition coefficient (Wildman–Crippen LogP) is 3.84. The number of esters is 1. The molecule has 0 aliphatic carbocycles. The monoisotopic (exact) mass is 530 g/mol. The molecule has 94 valence electrons. The number of carbonyl (C=O) groups is 1. The van der Waals surface area contributed by atoms with Crippen molar-refractivity contribution in [1.82, 2.24) is 0 Å². The Labute approximate surface area is 124 Å². The summed E-state index contributed by atoms with van der Waals surface area (Å²) in [6.07, 6.45) is -3.42. The van der Waals surface area contributed by atoms with Gasteiger partial charge in [0.05, 0.1) is 0 Å². The van der Waals surface area contributed by atoms with E-state index >= 15 is 0 Å². The van der Waals surface area contributed by atoms with Crippen LogP contribution in [0.3, 0.4) is 0 Å². The molecule has 1 rings (SSSR count). The van der Waals surface area contributed by atoms with Crippen LogP contribution in [0.4, 0.5) is 4.39 Å². The third-order valence-corrected chi connectivity index (χ3v) is 4.63. The molecule has 0 radical (unpaired) electrons. The first kappa shape index (κ1) is 16.4. The minimum atomic E-state index is -1.76. The number of rotatable bonds is 3. The van der Waals surface area contributed by atoms with Gasteiger partial charge in [-0.05, 0) is 0 Å². The molecule has 0 amide bonds. The van der Waals surface area contributed by atoms with Gasteiger partial charge in [0.2, 0.25) is 0 Å². The molecule has 1 heterocycles. The van der Waals surface area contributed by atoms with Crippen LogP contribution in [0.5, 0.6) is 0 Å². The Morgan fingerprint density at radius 3 is 2.56 bits per heavy atom. The van der Waals surface area contributed by atoms with Crippen LogP contribution in [-0.4, -0.2) is 31.0 Å². The van der Waals surface area contributed by atoms with Crippen molar-refractivity contribution < 1.29 is 22.3 Å². The van der Waals surface area contributed by atoms with Crippen molar-refractivity contribution in [3.63, 3.8) is 0 Å². The standard InChI is InChI=1S/C5H7FI2O4P2S2/c6-3-4(12-16(8)14)2(11-5(3)9)1-10-15(7)13/h2-4,15-16H,1H2/t2-,3+,4-/m1/s1. The molecule has 1 fully saturated rings. The molecule has 1 aliphatic rings. The van der Waals surface area contributed by atoms with E-state index in [9.17, 15) is 9.18 Å². The van der Waals surface area contributed by atoms with Crippen molar-refractivity contribution in [2.45, 2.75) is 18.4 Å². The second-order valence-electron chi connectivity index (χ2n) is 2.70. The first-order valence-electron chi connectivity index (χ1n) is 3.85. The van der Waals surface area contributed by atoms with Gasteiger partial charge in [0, 0.05) is 0 Å². The molecule has 2 unspecified atom stereocenters. The fourth-order valence-electron chi connectivity index (χ4n) is 1.09. The summed E-state index contributed by atoms with van der Waals surface area (Å²) in [7, 11) is 6.10. The first-order chi connectivity index (χ1) is 7.41. The van der Waals surface area contributed by atoms with Crippen LogP contribution >= 0.6 is 72.7 Å². The molecule has 0 aromatic heterocycles. The van der Waals surface area contributed by atoms with Gasteiger partial charge >= 0.3 is 126 Å². The van der Waals surface area contributed by atoms with E-state index in [4.69, 9.17) is 13.1 Å². The maximum absolute atomic E-state index is 13.4. The Bertz CT molecular complexity index is 418. The van der Waals surface area contributed by atoms with Crippen LogP contribution in [-0.2, 0) is 17.9 Å². The Hall–Kier alpha value is 2.34. The van der Waals surface area contributed by atoms with Gasteiger partial charge in [-0.15, -0.1) is 0 Å². The molecule has 0 aromatic rings. The molecule has 0 bridgehead atoms. The van der Waals surface area contributed by atoms with Crippen molar-refractivity contribution in [3.05, 3.63) is 0 Å². The number of halogens is 3. The summed E-state index contributed by atoms with van der Waals surface area (Å²) in [5.41, 5.74) is 0. The van der Waals surface area contributed by atoms with Crippen LogP contribution in [0.1, 0.15) is 0 Å². The normalized spacial score (nSPS) is 33.3. The van der Waals surface area contributed by atoms with Gasteiger partial charge < -0.3 is 0 Å². The fourth-order valence-corrected chi connectivity index (χ4v) is 3.60. The molecule has 0 spiro atoms. The number of hydrogen-bond acceptors (Lipinski definition) is 4. The second kappa shape index (κ2) is 7.81. The molecule has 11 heteroatoms. The van der Waals surface area contributed by atoms with Crippen molar-refractivity contribution in [3.8, 4) is 0 Å². The molecule has 0 saturated carbocycles. The molecule has 0 N–H and O–H groups in total. The Morgan fingerprint density at radius 2 is 2.06 bits per heavy atom. The molecular formula is C5H7FI2O4P2S2. The minimum absolute atomic E-state index is 0.0859. The number of alkyl halides is 1. The summed E-state index contributed by atoms with van der Waals surface area (Å²) in [6.45, 7) is 0.0859. The summed E-state index contributed by atoms with van der Waals surface area (Å²) in [6, 6.07) is 0. The molecule has 1 aliphatic heterocycles. The van der Waals surface area contributed by atoms with E-state index in [1.165, 1.54) is 0 Å². The van der Waals surface area contributed by atoms with E-state index in [0.29, 0.717) is 0 Å². The van der Waals surface area contributed by atoms with Crippen molar-refractivity contribution in [2.75, 3.05) is 6.61 Å². The van der Waals surface area contributed by atoms with E-state index in [1.807, 2.05) is 42.4 Å². The number of carbonyl (C=O) groups excluding carboxylic acids is 1. The third kappa shape index (κ3) is 5.14. The molecular weight excluding hydrogens is 523 g/mol. The second-order valence-corrected chi connectivity index (χ2v) is 16.1. The van der Waals surface area contributed by atoms with Crippen molar-refractivity contribution in [1.29, 1.82) is 0 Å². The topological polar surface area (TPSA) is 44.8 Å². The molecule has 0 aromatic carbocycles. The van der Waals surface area contributed by atoms with Crippen LogP contribution in [0.2, 0.25) is 0 Å². The Balaban J connectivity index is 2.65. The zero-order valence-corrected chi connectivity index (χ0v) is 15.4. The summed E-state index contributed by atoms with van der Waals surface area (Å²) in [4.78, 5) is 11.1.